The van der Waals surface area contributed by atoms with Crippen LogP contribution >= 0.6 is 11.6 Å². The second-order valence-corrected chi connectivity index (χ2v) is 2.92. The lowest BCUT2D eigenvalue weighted by Crippen LogP contribution is -2.10. The highest BCUT2D eigenvalue weighted by Gasteiger charge is 2.14. The lowest BCUT2D eigenvalue weighted by atomic mass is 10.2. The van der Waals surface area contributed by atoms with Crippen LogP contribution < -0.4 is 11.5 Å². The molecule has 0 unspecified atom stereocenters. The number of anilines is 2. The Morgan fingerprint density at radius 2 is 2.21 bits per heavy atom. The van der Waals surface area contributed by atoms with Crippen LogP contribution in [-0.2, 0) is 4.74 Å². The van der Waals surface area contributed by atoms with E-state index in [9.17, 15) is 4.79 Å². The number of carbonyl (C=O) groups is 1. The zero-order chi connectivity index (χ0) is 10.7. The molecule has 0 atom stereocenters. The van der Waals surface area contributed by atoms with Gasteiger partial charge in [-0.2, -0.15) is 0 Å². The third kappa shape index (κ3) is 2.05. The Morgan fingerprint density at radius 1 is 1.57 bits per heavy atom. The maximum absolute atomic E-state index is 11.3. The Labute approximate surface area is 86.0 Å². The summed E-state index contributed by atoms with van der Waals surface area (Å²) in [6.07, 6.45) is 0. The Morgan fingerprint density at radius 3 is 2.79 bits per heavy atom. The summed E-state index contributed by atoms with van der Waals surface area (Å²) in [7, 11) is 0. The van der Waals surface area contributed by atoms with Crippen LogP contribution in [0.4, 0.5) is 11.6 Å². The number of carbonyl (C=O) groups excluding carboxylic acids is 1. The number of nitrogen functional groups attached to an aromatic ring is 2. The fraction of sp³-hybridized carbons (Fsp3) is 0.250. The maximum atomic E-state index is 11.3. The third-order valence-corrected chi connectivity index (χ3v) is 1.83. The number of pyridine rings is 1. The first-order valence-corrected chi connectivity index (χ1v) is 4.32. The Balaban J connectivity index is 3.09. The number of esters is 1. The van der Waals surface area contributed by atoms with Crippen molar-refractivity contribution < 1.29 is 9.53 Å². The summed E-state index contributed by atoms with van der Waals surface area (Å²) in [5.74, 6) is -0.443. The molecule has 14 heavy (non-hydrogen) atoms. The summed E-state index contributed by atoms with van der Waals surface area (Å²) >= 11 is 5.68. The highest BCUT2D eigenvalue weighted by molar-refractivity contribution is 6.33. The van der Waals surface area contributed by atoms with Crippen molar-refractivity contribution in [2.24, 2.45) is 0 Å². The van der Waals surface area contributed by atoms with Crippen LogP contribution in [0.1, 0.15) is 17.3 Å². The standard InChI is InChI=1S/C8H10ClN3O2/c1-2-14-8(13)4-3-5(9)7(11)12-6(4)10/h3H,2H2,1H3,(H4,10,11,12). The minimum Gasteiger partial charge on any atom is -0.462 e. The fourth-order valence-electron chi connectivity index (χ4n) is 0.890. The Hall–Kier alpha value is -1.49. The number of rotatable bonds is 2. The first kappa shape index (κ1) is 10.6. The van der Waals surface area contributed by atoms with E-state index in [1.807, 2.05) is 0 Å². The molecule has 4 N–H and O–H groups in total. The Kier molecular flexibility index (Phi) is 3.14. The smallest absolute Gasteiger partial charge is 0.341 e. The van der Waals surface area contributed by atoms with Crippen LogP contribution in [0, 0.1) is 0 Å². The normalized spacial score (nSPS) is 9.86. The molecule has 0 radical (unpaired) electrons. The molecule has 0 aliphatic rings. The SMILES string of the molecule is CCOC(=O)c1cc(Cl)c(N)nc1N. The summed E-state index contributed by atoms with van der Waals surface area (Å²) in [4.78, 5) is 15.0. The van der Waals surface area contributed by atoms with Gasteiger partial charge < -0.3 is 16.2 Å². The summed E-state index contributed by atoms with van der Waals surface area (Å²) in [5, 5.41) is 0.183. The van der Waals surface area contributed by atoms with Gasteiger partial charge in [-0.15, -0.1) is 0 Å². The van der Waals surface area contributed by atoms with Crippen molar-refractivity contribution in [1.29, 1.82) is 0 Å². The zero-order valence-corrected chi connectivity index (χ0v) is 8.34. The third-order valence-electron chi connectivity index (χ3n) is 1.53. The molecule has 0 aromatic carbocycles. The molecule has 0 bridgehead atoms. The minimum atomic E-state index is -0.556. The van der Waals surface area contributed by atoms with E-state index in [1.54, 1.807) is 6.92 Å². The van der Waals surface area contributed by atoms with Crippen LogP contribution in [0.15, 0.2) is 6.07 Å². The van der Waals surface area contributed by atoms with Gasteiger partial charge in [-0.25, -0.2) is 9.78 Å². The van der Waals surface area contributed by atoms with Crippen LogP contribution in [0.5, 0.6) is 0 Å². The lowest BCUT2D eigenvalue weighted by Gasteiger charge is -2.06. The van der Waals surface area contributed by atoms with Crippen molar-refractivity contribution in [2.45, 2.75) is 6.92 Å². The van der Waals surface area contributed by atoms with E-state index in [0.29, 0.717) is 0 Å². The van der Waals surface area contributed by atoms with Crippen molar-refractivity contribution in [3.8, 4) is 0 Å². The van der Waals surface area contributed by atoms with Gasteiger partial charge in [0.15, 0.2) is 0 Å². The highest BCUT2D eigenvalue weighted by atomic mass is 35.5. The van der Waals surface area contributed by atoms with Gasteiger partial charge in [-0.3, -0.25) is 0 Å². The van der Waals surface area contributed by atoms with E-state index >= 15 is 0 Å². The molecule has 6 heteroatoms. The quantitative estimate of drug-likeness (QED) is 0.721. The topological polar surface area (TPSA) is 91.2 Å². The van der Waals surface area contributed by atoms with Crippen molar-refractivity contribution in [3.63, 3.8) is 0 Å². The molecule has 1 aromatic heterocycles. The summed E-state index contributed by atoms with van der Waals surface area (Å²) in [6.45, 7) is 1.96. The molecular formula is C8H10ClN3O2. The molecule has 0 saturated heterocycles. The van der Waals surface area contributed by atoms with Crippen molar-refractivity contribution in [3.05, 3.63) is 16.7 Å². The van der Waals surface area contributed by atoms with Crippen LogP contribution in [0.25, 0.3) is 0 Å². The van der Waals surface area contributed by atoms with Gasteiger partial charge in [0.25, 0.3) is 0 Å². The van der Waals surface area contributed by atoms with Gasteiger partial charge in [0.1, 0.15) is 17.2 Å². The molecule has 0 aliphatic carbocycles. The maximum Gasteiger partial charge on any atom is 0.341 e. The van der Waals surface area contributed by atoms with E-state index in [0.717, 1.165) is 0 Å². The van der Waals surface area contributed by atoms with Crippen LogP contribution in [-0.4, -0.2) is 17.6 Å². The second kappa shape index (κ2) is 4.15. The van der Waals surface area contributed by atoms with Crippen LogP contribution in [0.2, 0.25) is 5.02 Å². The van der Waals surface area contributed by atoms with Crippen LogP contribution in [0.3, 0.4) is 0 Å². The summed E-state index contributed by atoms with van der Waals surface area (Å²) < 4.78 is 4.75. The van der Waals surface area contributed by atoms with Gasteiger partial charge in [-0.05, 0) is 13.0 Å². The molecule has 76 valence electrons. The number of ether oxygens (including phenoxy) is 1. The van der Waals surface area contributed by atoms with E-state index in [4.69, 9.17) is 27.8 Å². The molecule has 0 saturated carbocycles. The largest absolute Gasteiger partial charge is 0.462 e. The van der Waals surface area contributed by atoms with Gasteiger partial charge >= 0.3 is 5.97 Å². The molecule has 0 aliphatic heterocycles. The average molecular weight is 216 g/mol. The molecule has 0 fully saturated rings. The lowest BCUT2D eigenvalue weighted by molar-refractivity contribution is 0.0527. The molecular weight excluding hydrogens is 206 g/mol. The number of hydrogen-bond donors (Lipinski definition) is 2. The first-order valence-electron chi connectivity index (χ1n) is 3.94. The molecule has 1 heterocycles. The number of aromatic nitrogens is 1. The number of nitrogens with two attached hydrogens (primary N) is 2. The summed E-state index contributed by atoms with van der Waals surface area (Å²) in [6, 6.07) is 1.34. The number of hydrogen-bond acceptors (Lipinski definition) is 5. The molecule has 1 aromatic rings. The van der Waals surface area contributed by atoms with E-state index in [2.05, 4.69) is 4.98 Å². The predicted octanol–water partition coefficient (Wildman–Crippen LogP) is 1.08. The Bertz CT molecular complexity index is 368. The monoisotopic (exact) mass is 215 g/mol. The summed E-state index contributed by atoms with van der Waals surface area (Å²) in [5.41, 5.74) is 11.0. The van der Waals surface area contributed by atoms with E-state index in [1.165, 1.54) is 6.07 Å². The molecule has 1 rings (SSSR count). The average Bonchev–Trinajstić information content (AvgIpc) is 2.11. The van der Waals surface area contributed by atoms with E-state index < -0.39 is 5.97 Å². The van der Waals surface area contributed by atoms with Crippen molar-refractivity contribution >= 4 is 29.2 Å². The molecule has 0 spiro atoms. The predicted molar refractivity (Wildman–Crippen MR) is 54.0 cm³/mol. The van der Waals surface area contributed by atoms with Gasteiger partial charge in [-0.1, -0.05) is 11.6 Å². The van der Waals surface area contributed by atoms with Crippen molar-refractivity contribution in [1.82, 2.24) is 4.98 Å². The second-order valence-electron chi connectivity index (χ2n) is 2.51. The minimum absolute atomic E-state index is 0.0188. The van der Waals surface area contributed by atoms with Crippen molar-refractivity contribution in [2.75, 3.05) is 18.1 Å². The molecule has 0 amide bonds. The van der Waals surface area contributed by atoms with Gasteiger partial charge in [0.2, 0.25) is 0 Å². The first-order chi connectivity index (χ1) is 6.56. The zero-order valence-electron chi connectivity index (χ0n) is 7.58. The molecule has 5 nitrogen and oxygen atoms in total. The fourth-order valence-corrected chi connectivity index (χ4v) is 1.04. The highest BCUT2D eigenvalue weighted by Crippen LogP contribution is 2.22. The van der Waals surface area contributed by atoms with Gasteiger partial charge in [0.05, 0.1) is 11.6 Å². The number of halogens is 1. The van der Waals surface area contributed by atoms with E-state index in [-0.39, 0.29) is 28.8 Å². The number of nitrogens with zero attached hydrogens (tertiary/aromatic N) is 1. The van der Waals surface area contributed by atoms with Gasteiger partial charge in [0, 0.05) is 0 Å².